The van der Waals surface area contributed by atoms with Crippen molar-refractivity contribution in [3.05, 3.63) is 37.5 Å². The molecule has 0 rings (SSSR count). The summed E-state index contributed by atoms with van der Waals surface area (Å²) >= 11 is 0. The topological polar surface area (TPSA) is 71.4 Å². The third-order valence-electron chi connectivity index (χ3n) is 0.568. The second-order valence-corrected chi connectivity index (χ2v) is 1.61. The third kappa shape index (κ3) is 101. The molecule has 0 saturated carbocycles. The van der Waals surface area contributed by atoms with Crippen LogP contribution in [0.2, 0.25) is 0 Å². The van der Waals surface area contributed by atoms with Crippen LogP contribution in [0.1, 0.15) is 13.3 Å². The number of hydrogen-bond acceptors (Lipinski definition) is 3. The summed E-state index contributed by atoms with van der Waals surface area (Å²) in [5.41, 5.74) is 0. The van der Waals surface area contributed by atoms with Crippen molar-refractivity contribution >= 4 is 0 Å². The predicted octanol–water partition coefficient (Wildman–Crippen LogP) is 2.87. The van der Waals surface area contributed by atoms with Gasteiger partial charge in [-0.3, -0.25) is 0 Å². The number of allylic oxidation sites excluding steroid dienone is 4. The lowest BCUT2D eigenvalue weighted by molar-refractivity contribution is 1.36. The highest BCUT2D eigenvalue weighted by Gasteiger charge is 1.56. The lowest BCUT2D eigenvalue weighted by atomic mass is 10.5. The lowest BCUT2D eigenvalue weighted by Crippen LogP contribution is -1.45. The maximum Gasteiger partial charge on any atom is 0.0908 e. The van der Waals surface area contributed by atoms with Crippen molar-refractivity contribution in [2.45, 2.75) is 13.3 Å². The van der Waals surface area contributed by atoms with Gasteiger partial charge in [-0.25, -0.2) is 0 Å². The van der Waals surface area contributed by atoms with Crippen molar-refractivity contribution in [2.75, 3.05) is 0 Å². The average molecular weight is 187 g/mol. The normalized spacial score (nSPS) is 5.86. The van der Waals surface area contributed by atoms with Gasteiger partial charge in [0.25, 0.3) is 0 Å². The van der Waals surface area contributed by atoms with E-state index in [4.69, 9.17) is 15.8 Å². The Morgan fingerprint density at radius 2 is 1.64 bits per heavy atom. The molecule has 72 valence electrons. The Labute approximate surface area is 85.5 Å². The van der Waals surface area contributed by atoms with Crippen molar-refractivity contribution in [2.24, 2.45) is 0 Å². The number of nitrogens with zero attached hydrogens (tertiary/aromatic N) is 3. The number of hydrogen-bond donors (Lipinski definition) is 0. The van der Waals surface area contributed by atoms with E-state index in [9.17, 15) is 0 Å². The zero-order valence-corrected chi connectivity index (χ0v) is 8.27. The fraction of sp³-hybridized carbons (Fsp3) is 0.182. The van der Waals surface area contributed by atoms with E-state index in [1.54, 1.807) is 18.2 Å². The lowest BCUT2D eigenvalue weighted by Gasteiger charge is -1.55. The molecule has 0 spiro atoms. The van der Waals surface area contributed by atoms with Gasteiger partial charge >= 0.3 is 0 Å². The van der Waals surface area contributed by atoms with Gasteiger partial charge in [-0.1, -0.05) is 18.7 Å². The molecule has 0 heterocycles. The molecular formula is C11H13N3. The first-order chi connectivity index (χ1) is 6.74. The quantitative estimate of drug-likeness (QED) is 0.468. The molecule has 0 amide bonds. The van der Waals surface area contributed by atoms with E-state index in [0.29, 0.717) is 6.42 Å². The van der Waals surface area contributed by atoms with Crippen LogP contribution in [0, 0.1) is 34.0 Å². The van der Waals surface area contributed by atoms with Crippen molar-refractivity contribution < 1.29 is 0 Å². The first-order valence-electron chi connectivity index (χ1n) is 3.74. The van der Waals surface area contributed by atoms with Gasteiger partial charge < -0.3 is 0 Å². The van der Waals surface area contributed by atoms with Gasteiger partial charge in [0, 0.05) is 12.2 Å². The summed E-state index contributed by atoms with van der Waals surface area (Å²) in [5.74, 6) is 0. The summed E-state index contributed by atoms with van der Waals surface area (Å²) in [7, 11) is 0. The highest BCUT2D eigenvalue weighted by molar-refractivity contribution is 4.99. The Balaban J connectivity index is -0.000000131. The molecule has 0 unspecified atom stereocenters. The molecule has 14 heavy (non-hydrogen) atoms. The summed E-state index contributed by atoms with van der Waals surface area (Å²) in [6.45, 7) is 8.25. The highest BCUT2D eigenvalue weighted by Crippen LogP contribution is 1.67. The van der Waals surface area contributed by atoms with Crippen LogP contribution in [0.15, 0.2) is 37.5 Å². The van der Waals surface area contributed by atoms with Gasteiger partial charge in [0.15, 0.2) is 0 Å². The summed E-state index contributed by atoms with van der Waals surface area (Å²) in [5, 5.41) is 23.0. The SMILES string of the molecule is C=CC#N.C=CCC#N.CC=CC#N. The number of nitriles is 3. The van der Waals surface area contributed by atoms with Crippen molar-refractivity contribution in [1.82, 2.24) is 0 Å². The van der Waals surface area contributed by atoms with Gasteiger partial charge in [-0.2, -0.15) is 15.8 Å². The first kappa shape index (κ1) is 17.7. The Morgan fingerprint density at radius 3 is 1.64 bits per heavy atom. The molecule has 0 aromatic heterocycles. The van der Waals surface area contributed by atoms with Crippen LogP contribution in [-0.4, -0.2) is 0 Å². The predicted molar refractivity (Wildman–Crippen MR) is 56.7 cm³/mol. The summed E-state index contributed by atoms with van der Waals surface area (Å²) in [4.78, 5) is 0. The van der Waals surface area contributed by atoms with E-state index in [0.717, 1.165) is 0 Å². The van der Waals surface area contributed by atoms with Crippen molar-refractivity contribution in [3.63, 3.8) is 0 Å². The molecule has 0 aliphatic rings. The average Bonchev–Trinajstić information content (AvgIpc) is 2.22. The minimum absolute atomic E-state index is 0.458. The molecule has 0 aliphatic heterocycles. The molecular weight excluding hydrogens is 174 g/mol. The molecule has 0 saturated heterocycles. The Bertz CT molecular complexity index is 268. The molecule has 0 fully saturated rings. The summed E-state index contributed by atoms with van der Waals surface area (Å²) < 4.78 is 0. The fourth-order valence-corrected chi connectivity index (χ4v) is 0.139. The second-order valence-electron chi connectivity index (χ2n) is 1.61. The van der Waals surface area contributed by atoms with Gasteiger partial charge in [0.2, 0.25) is 0 Å². The molecule has 0 atom stereocenters. The van der Waals surface area contributed by atoms with Crippen LogP contribution >= 0.6 is 0 Å². The molecule has 0 N–H and O–H groups in total. The Kier molecular flexibility index (Phi) is 39.2. The van der Waals surface area contributed by atoms with E-state index in [1.165, 1.54) is 12.2 Å². The van der Waals surface area contributed by atoms with Crippen LogP contribution < -0.4 is 0 Å². The molecule has 0 aromatic carbocycles. The van der Waals surface area contributed by atoms with E-state index in [2.05, 4.69) is 13.2 Å². The monoisotopic (exact) mass is 187 g/mol. The molecule has 0 radical (unpaired) electrons. The Hall–Kier alpha value is -2.31. The molecule has 0 bridgehead atoms. The molecule has 0 aromatic rings. The fourth-order valence-electron chi connectivity index (χ4n) is 0.139. The first-order valence-corrected chi connectivity index (χ1v) is 3.74. The van der Waals surface area contributed by atoms with E-state index >= 15 is 0 Å². The van der Waals surface area contributed by atoms with Gasteiger partial charge in [-0.15, -0.1) is 6.58 Å². The standard InChI is InChI=1S/2C4H5N.C3H3N/c2*1-2-3-4-5;1-2-3-4/h2-3H,1H3;2H,1,3H2;2H,1H2. The second kappa shape index (κ2) is 31.0. The minimum Gasteiger partial charge on any atom is -0.198 e. The van der Waals surface area contributed by atoms with Crippen LogP contribution in [0.4, 0.5) is 0 Å². The van der Waals surface area contributed by atoms with E-state index < -0.39 is 0 Å². The summed E-state index contributed by atoms with van der Waals surface area (Å²) in [6.07, 6.45) is 6.33. The molecule has 3 heteroatoms. The summed E-state index contributed by atoms with van der Waals surface area (Å²) in [6, 6.07) is 5.43. The van der Waals surface area contributed by atoms with Crippen LogP contribution in [0.25, 0.3) is 0 Å². The zero-order chi connectivity index (χ0) is 11.7. The van der Waals surface area contributed by atoms with Gasteiger partial charge in [-0.05, 0) is 6.92 Å². The zero-order valence-electron chi connectivity index (χ0n) is 8.27. The Morgan fingerprint density at radius 1 is 1.14 bits per heavy atom. The van der Waals surface area contributed by atoms with Crippen molar-refractivity contribution in [3.8, 4) is 18.2 Å². The van der Waals surface area contributed by atoms with E-state index in [1.807, 2.05) is 19.1 Å². The maximum absolute atomic E-state index is 7.74. The van der Waals surface area contributed by atoms with E-state index in [-0.39, 0.29) is 0 Å². The van der Waals surface area contributed by atoms with Gasteiger partial charge in [0.05, 0.1) is 24.6 Å². The van der Waals surface area contributed by atoms with Crippen LogP contribution in [0.5, 0.6) is 0 Å². The minimum atomic E-state index is 0.458. The maximum atomic E-state index is 7.74. The van der Waals surface area contributed by atoms with Crippen LogP contribution in [0.3, 0.4) is 0 Å². The van der Waals surface area contributed by atoms with Crippen molar-refractivity contribution in [1.29, 1.82) is 15.8 Å². The number of rotatable bonds is 1. The largest absolute Gasteiger partial charge is 0.198 e. The molecule has 0 aliphatic carbocycles. The van der Waals surface area contributed by atoms with Crippen LogP contribution in [-0.2, 0) is 0 Å². The highest BCUT2D eigenvalue weighted by atomic mass is 14.2. The smallest absolute Gasteiger partial charge is 0.0908 e. The van der Waals surface area contributed by atoms with Gasteiger partial charge in [0.1, 0.15) is 0 Å². The molecule has 3 nitrogen and oxygen atoms in total. The third-order valence-corrected chi connectivity index (χ3v) is 0.568.